The first-order valence-corrected chi connectivity index (χ1v) is 3.77. The minimum atomic E-state index is 0.0453. The van der Waals surface area contributed by atoms with Crippen LogP contribution in [-0.4, -0.2) is 10.9 Å². The van der Waals surface area contributed by atoms with Crippen molar-refractivity contribution in [3.63, 3.8) is 0 Å². The molecule has 0 spiro atoms. The molecule has 0 fully saturated rings. The summed E-state index contributed by atoms with van der Waals surface area (Å²) in [6, 6.07) is 4.77. The van der Waals surface area contributed by atoms with Crippen LogP contribution in [0.15, 0.2) is 18.2 Å². The topological polar surface area (TPSA) is 70.1 Å². The second-order valence-corrected chi connectivity index (χ2v) is 2.89. The Morgan fingerprint density at radius 2 is 2.25 bits per heavy atom. The summed E-state index contributed by atoms with van der Waals surface area (Å²) in [5.41, 5.74) is 6.01. The number of amidine groups is 1. The van der Waals surface area contributed by atoms with Gasteiger partial charge in [-0.2, -0.15) is 0 Å². The molecule has 0 unspecified atom stereocenters. The number of aromatic hydroxyl groups is 1. The zero-order chi connectivity index (χ0) is 9.14. The average molecular weight is 185 g/mol. The summed E-state index contributed by atoms with van der Waals surface area (Å²) >= 11 is 5.64. The molecule has 0 radical (unpaired) electrons. The lowest BCUT2D eigenvalue weighted by Crippen LogP contribution is -2.12. The summed E-state index contributed by atoms with van der Waals surface area (Å²) in [6.07, 6.45) is 0.361. The molecular formula is C8H9ClN2O. The van der Waals surface area contributed by atoms with E-state index in [0.29, 0.717) is 6.42 Å². The molecule has 0 atom stereocenters. The highest BCUT2D eigenvalue weighted by Gasteiger charge is 2.00. The van der Waals surface area contributed by atoms with Crippen LogP contribution >= 0.6 is 11.6 Å². The Kier molecular flexibility index (Phi) is 2.55. The van der Waals surface area contributed by atoms with Gasteiger partial charge in [-0.25, -0.2) is 0 Å². The molecule has 0 heterocycles. The van der Waals surface area contributed by atoms with E-state index in [1.165, 1.54) is 6.07 Å². The maximum Gasteiger partial charge on any atom is 0.134 e. The highest BCUT2D eigenvalue weighted by Crippen LogP contribution is 2.23. The molecule has 4 heteroatoms. The molecule has 12 heavy (non-hydrogen) atoms. The Bertz CT molecular complexity index is 312. The normalized spacial score (nSPS) is 9.75. The van der Waals surface area contributed by atoms with Gasteiger partial charge in [0.25, 0.3) is 0 Å². The van der Waals surface area contributed by atoms with Crippen molar-refractivity contribution >= 4 is 17.4 Å². The minimum Gasteiger partial charge on any atom is -0.506 e. The molecule has 1 aromatic rings. The Morgan fingerprint density at radius 1 is 1.58 bits per heavy atom. The van der Waals surface area contributed by atoms with Gasteiger partial charge >= 0.3 is 0 Å². The summed E-state index contributed by atoms with van der Waals surface area (Å²) in [4.78, 5) is 0. The fourth-order valence-electron chi connectivity index (χ4n) is 0.880. The van der Waals surface area contributed by atoms with Crippen LogP contribution in [0.1, 0.15) is 5.56 Å². The largest absolute Gasteiger partial charge is 0.506 e. The lowest BCUT2D eigenvalue weighted by Gasteiger charge is -2.01. The summed E-state index contributed by atoms with van der Waals surface area (Å²) in [5, 5.41) is 16.4. The first kappa shape index (κ1) is 8.87. The molecule has 0 aromatic heterocycles. The Labute approximate surface area is 75.3 Å². The van der Waals surface area contributed by atoms with Gasteiger partial charge in [0.2, 0.25) is 0 Å². The number of nitrogens with two attached hydrogens (primary N) is 1. The quantitative estimate of drug-likeness (QED) is 0.482. The van der Waals surface area contributed by atoms with Gasteiger partial charge in [0, 0.05) is 6.42 Å². The standard InChI is InChI=1S/C8H9ClN2O/c9-6-3-5(4-8(10)11)1-2-7(6)12/h1-3,12H,4H2,(H3,10,11). The Morgan fingerprint density at radius 3 is 2.75 bits per heavy atom. The van der Waals surface area contributed by atoms with E-state index in [4.69, 9.17) is 27.9 Å². The van der Waals surface area contributed by atoms with Crippen molar-refractivity contribution in [2.75, 3.05) is 0 Å². The molecule has 0 aliphatic heterocycles. The van der Waals surface area contributed by atoms with Crippen molar-refractivity contribution in [3.05, 3.63) is 28.8 Å². The van der Waals surface area contributed by atoms with Crippen LogP contribution in [0.25, 0.3) is 0 Å². The van der Waals surface area contributed by atoms with Gasteiger partial charge < -0.3 is 10.8 Å². The van der Waals surface area contributed by atoms with Crippen LogP contribution in [0.2, 0.25) is 5.02 Å². The van der Waals surface area contributed by atoms with Crippen molar-refractivity contribution in [3.8, 4) is 5.75 Å². The maximum absolute atomic E-state index is 9.06. The van der Waals surface area contributed by atoms with Gasteiger partial charge in [-0.1, -0.05) is 17.7 Å². The number of hydrogen-bond donors (Lipinski definition) is 3. The first-order chi connectivity index (χ1) is 5.59. The van der Waals surface area contributed by atoms with Gasteiger partial charge in [-0.3, -0.25) is 5.41 Å². The summed E-state index contributed by atoms with van der Waals surface area (Å²) in [6.45, 7) is 0. The van der Waals surface area contributed by atoms with Gasteiger partial charge in [0.15, 0.2) is 0 Å². The predicted octanol–water partition coefficient (Wildman–Crippen LogP) is 1.52. The molecule has 0 saturated carbocycles. The van der Waals surface area contributed by atoms with Crippen LogP contribution in [0.3, 0.4) is 0 Å². The molecule has 0 amide bonds. The number of halogens is 1. The van der Waals surface area contributed by atoms with Gasteiger partial charge in [0.1, 0.15) is 5.75 Å². The third kappa shape index (κ3) is 2.13. The van der Waals surface area contributed by atoms with E-state index in [9.17, 15) is 0 Å². The third-order valence-electron chi connectivity index (χ3n) is 1.41. The van der Waals surface area contributed by atoms with E-state index >= 15 is 0 Å². The minimum absolute atomic E-state index is 0.0453. The fraction of sp³-hybridized carbons (Fsp3) is 0.125. The molecule has 0 bridgehead atoms. The molecule has 0 aliphatic rings. The van der Waals surface area contributed by atoms with E-state index in [0.717, 1.165) is 5.56 Å². The highest BCUT2D eigenvalue weighted by molar-refractivity contribution is 6.32. The highest BCUT2D eigenvalue weighted by atomic mass is 35.5. The SMILES string of the molecule is N=C(N)Cc1ccc(O)c(Cl)c1. The van der Waals surface area contributed by atoms with Gasteiger partial charge in [-0.15, -0.1) is 0 Å². The molecule has 0 saturated heterocycles. The van der Waals surface area contributed by atoms with Crippen molar-refractivity contribution in [2.24, 2.45) is 5.73 Å². The van der Waals surface area contributed by atoms with E-state index in [-0.39, 0.29) is 16.6 Å². The average Bonchev–Trinajstić information content (AvgIpc) is 1.96. The number of phenols is 1. The zero-order valence-corrected chi connectivity index (χ0v) is 7.10. The first-order valence-electron chi connectivity index (χ1n) is 3.40. The Balaban J connectivity index is 2.89. The second kappa shape index (κ2) is 3.45. The van der Waals surface area contributed by atoms with E-state index in [2.05, 4.69) is 0 Å². The van der Waals surface area contributed by atoms with E-state index < -0.39 is 0 Å². The number of rotatable bonds is 2. The predicted molar refractivity (Wildman–Crippen MR) is 48.7 cm³/mol. The lowest BCUT2D eigenvalue weighted by atomic mass is 10.1. The molecule has 3 nitrogen and oxygen atoms in total. The van der Waals surface area contributed by atoms with Crippen LogP contribution < -0.4 is 5.73 Å². The molecule has 1 aromatic carbocycles. The van der Waals surface area contributed by atoms with Crippen molar-refractivity contribution in [2.45, 2.75) is 6.42 Å². The summed E-state index contributed by atoms with van der Waals surface area (Å²) in [7, 11) is 0. The Hall–Kier alpha value is -1.22. The summed E-state index contributed by atoms with van der Waals surface area (Å²) in [5.74, 6) is 0.126. The van der Waals surface area contributed by atoms with Crippen molar-refractivity contribution in [1.29, 1.82) is 5.41 Å². The van der Waals surface area contributed by atoms with E-state index in [1.807, 2.05) is 0 Å². The molecule has 0 aliphatic carbocycles. The van der Waals surface area contributed by atoms with Gasteiger partial charge in [0.05, 0.1) is 10.9 Å². The van der Waals surface area contributed by atoms with Crippen LogP contribution in [-0.2, 0) is 6.42 Å². The molecule has 4 N–H and O–H groups in total. The van der Waals surface area contributed by atoms with Crippen LogP contribution in [0.5, 0.6) is 5.75 Å². The summed E-state index contributed by atoms with van der Waals surface area (Å²) < 4.78 is 0. The molecular weight excluding hydrogens is 176 g/mol. The fourth-order valence-corrected chi connectivity index (χ4v) is 1.08. The van der Waals surface area contributed by atoms with Crippen molar-refractivity contribution < 1.29 is 5.11 Å². The van der Waals surface area contributed by atoms with E-state index in [1.54, 1.807) is 12.1 Å². The molecule has 64 valence electrons. The monoisotopic (exact) mass is 184 g/mol. The maximum atomic E-state index is 9.06. The third-order valence-corrected chi connectivity index (χ3v) is 1.71. The number of hydrogen-bond acceptors (Lipinski definition) is 2. The zero-order valence-electron chi connectivity index (χ0n) is 6.34. The smallest absolute Gasteiger partial charge is 0.134 e. The van der Waals surface area contributed by atoms with Gasteiger partial charge in [-0.05, 0) is 17.7 Å². The second-order valence-electron chi connectivity index (χ2n) is 2.49. The van der Waals surface area contributed by atoms with Crippen molar-refractivity contribution in [1.82, 2.24) is 0 Å². The van der Waals surface area contributed by atoms with Crippen LogP contribution in [0.4, 0.5) is 0 Å². The molecule has 1 rings (SSSR count). The number of benzene rings is 1. The lowest BCUT2D eigenvalue weighted by molar-refractivity contribution is 0.475. The number of nitrogens with one attached hydrogen (secondary N) is 1. The van der Waals surface area contributed by atoms with Crippen LogP contribution in [0, 0.1) is 5.41 Å². The number of phenolic OH excluding ortho intramolecular Hbond substituents is 1.